The van der Waals surface area contributed by atoms with E-state index < -0.39 is 10.8 Å². The van der Waals surface area contributed by atoms with E-state index in [9.17, 15) is 4.21 Å². The molecule has 22 heavy (non-hydrogen) atoms. The van der Waals surface area contributed by atoms with E-state index in [1.54, 1.807) is 12.7 Å². The molecule has 6 heteroatoms. The van der Waals surface area contributed by atoms with Crippen molar-refractivity contribution < 1.29 is 4.21 Å². The third-order valence-electron chi connectivity index (χ3n) is 4.18. The van der Waals surface area contributed by atoms with Crippen molar-refractivity contribution in [3.8, 4) is 0 Å². The van der Waals surface area contributed by atoms with Crippen molar-refractivity contribution >= 4 is 10.8 Å². The molecule has 0 bridgehead atoms. The van der Waals surface area contributed by atoms with E-state index in [4.69, 9.17) is 0 Å². The number of benzene rings is 1. The number of likely N-dealkylation sites (tertiary alicyclic amines) is 1. The first-order chi connectivity index (χ1) is 10.8. The summed E-state index contributed by atoms with van der Waals surface area (Å²) in [6.45, 7) is 2.84. The Hall–Kier alpha value is -1.53. The van der Waals surface area contributed by atoms with Crippen LogP contribution in [0.5, 0.6) is 0 Å². The Morgan fingerprint density at radius 1 is 1.23 bits per heavy atom. The molecule has 1 aliphatic heterocycles. The average Bonchev–Trinajstić information content (AvgIpc) is 3.07. The Morgan fingerprint density at radius 3 is 2.86 bits per heavy atom. The highest BCUT2D eigenvalue weighted by molar-refractivity contribution is 7.85. The molecule has 0 saturated carbocycles. The lowest BCUT2D eigenvalue weighted by Gasteiger charge is -2.35. The molecule has 2 heterocycles. The molecule has 0 spiro atoms. The van der Waals surface area contributed by atoms with Gasteiger partial charge >= 0.3 is 0 Å². The Bertz CT molecular complexity index is 587. The fraction of sp³-hybridized carbons (Fsp3) is 0.500. The van der Waals surface area contributed by atoms with E-state index in [0.717, 1.165) is 24.5 Å². The van der Waals surface area contributed by atoms with Crippen molar-refractivity contribution in [1.82, 2.24) is 19.7 Å². The minimum absolute atomic E-state index is 0.475. The molecule has 0 radical (unpaired) electrons. The number of nitrogens with zero attached hydrogens (tertiary/aromatic N) is 4. The summed E-state index contributed by atoms with van der Waals surface area (Å²) in [4.78, 5) is 7.40. The molecule has 1 aromatic heterocycles. The van der Waals surface area contributed by atoms with E-state index in [0.29, 0.717) is 11.8 Å². The topological polar surface area (TPSA) is 51.0 Å². The molecule has 1 aromatic carbocycles. The summed E-state index contributed by atoms with van der Waals surface area (Å²) < 4.78 is 14.3. The first kappa shape index (κ1) is 15.4. The quantitative estimate of drug-likeness (QED) is 0.817. The Balaban J connectivity index is 1.56. The highest BCUT2D eigenvalue weighted by atomic mass is 32.2. The normalized spacial score (nSPS) is 20.8. The lowest BCUT2D eigenvalue weighted by atomic mass is 10.0. The van der Waals surface area contributed by atoms with E-state index in [2.05, 4.69) is 15.0 Å². The summed E-state index contributed by atoms with van der Waals surface area (Å²) in [6.07, 6.45) is 7.02. The fourth-order valence-electron chi connectivity index (χ4n) is 2.99. The van der Waals surface area contributed by atoms with Gasteiger partial charge in [-0.25, -0.2) is 4.98 Å². The van der Waals surface area contributed by atoms with Crippen LogP contribution in [0.2, 0.25) is 0 Å². The van der Waals surface area contributed by atoms with Crippen molar-refractivity contribution in [2.24, 2.45) is 0 Å². The zero-order valence-electron chi connectivity index (χ0n) is 12.7. The van der Waals surface area contributed by atoms with Gasteiger partial charge in [0.2, 0.25) is 0 Å². The molecule has 2 aromatic rings. The van der Waals surface area contributed by atoms with Crippen molar-refractivity contribution in [2.75, 3.05) is 18.8 Å². The molecule has 118 valence electrons. The lowest BCUT2D eigenvalue weighted by Crippen LogP contribution is -2.44. The molecule has 1 fully saturated rings. The summed E-state index contributed by atoms with van der Waals surface area (Å²) in [6, 6.07) is 10.2. The van der Waals surface area contributed by atoms with Gasteiger partial charge in [-0.15, -0.1) is 0 Å². The summed E-state index contributed by atoms with van der Waals surface area (Å²) in [7, 11) is -0.915. The van der Waals surface area contributed by atoms with Crippen LogP contribution in [0.25, 0.3) is 0 Å². The number of piperidine rings is 1. The Labute approximate surface area is 133 Å². The van der Waals surface area contributed by atoms with Crippen molar-refractivity contribution in [3.05, 3.63) is 43.0 Å². The average molecular weight is 318 g/mol. The number of hydrogen-bond donors (Lipinski definition) is 0. The third kappa shape index (κ3) is 4.01. The van der Waals surface area contributed by atoms with Crippen LogP contribution in [0.1, 0.15) is 19.3 Å². The van der Waals surface area contributed by atoms with Gasteiger partial charge in [0.25, 0.3) is 0 Å². The van der Waals surface area contributed by atoms with Gasteiger partial charge in [-0.05, 0) is 31.5 Å². The molecule has 3 rings (SSSR count). The monoisotopic (exact) mass is 318 g/mol. The predicted octanol–water partition coefficient (Wildman–Crippen LogP) is 1.94. The molecule has 0 aliphatic carbocycles. The lowest BCUT2D eigenvalue weighted by molar-refractivity contribution is 0.138. The van der Waals surface area contributed by atoms with Gasteiger partial charge in [0.05, 0.1) is 17.3 Å². The van der Waals surface area contributed by atoms with Crippen molar-refractivity contribution in [3.63, 3.8) is 0 Å². The molecule has 2 atom stereocenters. The van der Waals surface area contributed by atoms with E-state index >= 15 is 0 Å². The van der Waals surface area contributed by atoms with Crippen LogP contribution in [0.3, 0.4) is 0 Å². The number of hydrogen-bond acceptors (Lipinski definition) is 4. The highest BCUT2D eigenvalue weighted by Gasteiger charge is 2.23. The van der Waals surface area contributed by atoms with Crippen LogP contribution in [0.4, 0.5) is 0 Å². The van der Waals surface area contributed by atoms with Crippen LogP contribution in [0, 0.1) is 0 Å². The minimum atomic E-state index is -0.915. The second kappa shape index (κ2) is 7.65. The first-order valence-electron chi connectivity index (χ1n) is 7.83. The highest BCUT2D eigenvalue weighted by Crippen LogP contribution is 2.18. The Kier molecular flexibility index (Phi) is 5.34. The second-order valence-electron chi connectivity index (χ2n) is 5.67. The number of rotatable bonds is 6. The third-order valence-corrected chi connectivity index (χ3v) is 5.53. The largest absolute Gasteiger partial charge is 0.298 e. The van der Waals surface area contributed by atoms with Crippen LogP contribution in [-0.4, -0.2) is 48.8 Å². The number of aromatic nitrogens is 3. The molecule has 1 saturated heterocycles. The molecule has 0 unspecified atom stereocenters. The van der Waals surface area contributed by atoms with Crippen molar-refractivity contribution in [1.29, 1.82) is 0 Å². The molecule has 1 aliphatic rings. The zero-order valence-corrected chi connectivity index (χ0v) is 13.5. The van der Waals surface area contributed by atoms with Crippen LogP contribution in [0.15, 0.2) is 47.9 Å². The molecule has 5 nitrogen and oxygen atoms in total. The zero-order chi connectivity index (χ0) is 15.2. The van der Waals surface area contributed by atoms with Gasteiger partial charge in [-0.3, -0.25) is 13.8 Å². The molecular weight excluding hydrogens is 296 g/mol. The van der Waals surface area contributed by atoms with E-state index in [-0.39, 0.29) is 0 Å². The standard InChI is InChI=1S/C16H22N4OS/c21-22(16-7-2-1-3-8-16)11-10-19-9-5-4-6-15(19)12-20-14-17-13-18-20/h1-3,7-8,13-15H,4-6,9-12H2/t15-,22+/m1/s1. The van der Waals surface area contributed by atoms with Crippen molar-refractivity contribution in [2.45, 2.75) is 36.7 Å². The van der Waals surface area contributed by atoms with E-state index in [1.807, 2.05) is 35.0 Å². The molecule has 0 amide bonds. The molecule has 0 N–H and O–H groups in total. The maximum atomic E-state index is 12.4. The summed E-state index contributed by atoms with van der Waals surface area (Å²) in [5.41, 5.74) is 0. The van der Waals surface area contributed by atoms with Gasteiger partial charge in [-0.2, -0.15) is 5.10 Å². The van der Waals surface area contributed by atoms with Gasteiger partial charge in [0.15, 0.2) is 0 Å². The smallest absolute Gasteiger partial charge is 0.137 e. The van der Waals surface area contributed by atoms with E-state index in [1.165, 1.54) is 19.3 Å². The van der Waals surface area contributed by atoms with Gasteiger partial charge in [0, 0.05) is 23.2 Å². The molecular formula is C16H22N4OS. The maximum Gasteiger partial charge on any atom is 0.137 e. The van der Waals surface area contributed by atoms with Gasteiger partial charge in [0.1, 0.15) is 12.7 Å². The first-order valence-corrected chi connectivity index (χ1v) is 9.15. The summed E-state index contributed by atoms with van der Waals surface area (Å²) in [5.74, 6) is 0.692. The fourth-order valence-corrected chi connectivity index (χ4v) is 4.09. The summed E-state index contributed by atoms with van der Waals surface area (Å²) in [5, 5.41) is 4.21. The van der Waals surface area contributed by atoms with Crippen LogP contribution >= 0.6 is 0 Å². The SMILES string of the molecule is O=[S@@](CCN1CCCC[C@@H]1Cn1cncn1)c1ccccc1. The van der Waals surface area contributed by atoms with Gasteiger partial charge < -0.3 is 0 Å². The summed E-state index contributed by atoms with van der Waals surface area (Å²) >= 11 is 0. The minimum Gasteiger partial charge on any atom is -0.298 e. The maximum absolute atomic E-state index is 12.4. The van der Waals surface area contributed by atoms with Crippen LogP contribution < -0.4 is 0 Å². The van der Waals surface area contributed by atoms with Crippen LogP contribution in [-0.2, 0) is 17.3 Å². The predicted molar refractivity (Wildman–Crippen MR) is 87.0 cm³/mol. The second-order valence-corrected chi connectivity index (χ2v) is 7.24. The van der Waals surface area contributed by atoms with Gasteiger partial charge in [-0.1, -0.05) is 24.6 Å². The Morgan fingerprint density at radius 2 is 2.09 bits per heavy atom.